The smallest absolute Gasteiger partial charge is 0.229 e. The van der Waals surface area contributed by atoms with Gasteiger partial charge in [0.1, 0.15) is 17.3 Å². The number of pyridine rings is 1. The van der Waals surface area contributed by atoms with Crippen LogP contribution < -0.4 is 25.8 Å². The van der Waals surface area contributed by atoms with Crippen molar-refractivity contribution in [3.05, 3.63) is 48.3 Å². The van der Waals surface area contributed by atoms with Gasteiger partial charge >= 0.3 is 0 Å². The number of benzene rings is 1. The highest BCUT2D eigenvalue weighted by Gasteiger charge is 2.31. The summed E-state index contributed by atoms with van der Waals surface area (Å²) in [7, 11) is 0. The third-order valence-corrected chi connectivity index (χ3v) is 6.52. The SMILES string of the molecule is CC(C)N1c2cc(-c3nc(Nc4ccc(N5CCNC(CO)C5)cn4)ncc3F)cc(F)c2NC1C. The second-order valence-electron chi connectivity index (χ2n) is 9.37. The Labute approximate surface area is 208 Å². The number of aromatic nitrogens is 3. The molecule has 9 nitrogen and oxygen atoms in total. The van der Waals surface area contributed by atoms with Gasteiger partial charge in [-0.15, -0.1) is 0 Å². The average molecular weight is 497 g/mol. The van der Waals surface area contributed by atoms with Gasteiger partial charge in [0.2, 0.25) is 5.95 Å². The van der Waals surface area contributed by atoms with Crippen LogP contribution in [0.1, 0.15) is 20.8 Å². The molecule has 0 amide bonds. The monoisotopic (exact) mass is 496 g/mol. The fraction of sp³-hybridized carbons (Fsp3) is 0.400. The van der Waals surface area contributed by atoms with Crippen LogP contribution >= 0.6 is 0 Å². The zero-order valence-corrected chi connectivity index (χ0v) is 20.5. The van der Waals surface area contributed by atoms with E-state index >= 15 is 0 Å². The minimum Gasteiger partial charge on any atom is -0.395 e. The minimum atomic E-state index is -0.643. The molecule has 2 aromatic heterocycles. The molecule has 0 saturated carbocycles. The van der Waals surface area contributed by atoms with Gasteiger partial charge < -0.3 is 30.9 Å². The Hall–Kier alpha value is -3.57. The molecule has 4 N–H and O–H groups in total. The van der Waals surface area contributed by atoms with Gasteiger partial charge in [-0.3, -0.25) is 0 Å². The van der Waals surface area contributed by atoms with Crippen molar-refractivity contribution in [2.75, 3.05) is 46.7 Å². The van der Waals surface area contributed by atoms with Gasteiger partial charge in [0.05, 0.1) is 42.2 Å². The Morgan fingerprint density at radius 1 is 1.17 bits per heavy atom. The van der Waals surface area contributed by atoms with E-state index in [1.807, 2.05) is 31.7 Å². The molecule has 1 fully saturated rings. The van der Waals surface area contributed by atoms with Crippen LogP contribution in [0.4, 0.5) is 37.6 Å². The molecule has 0 bridgehead atoms. The molecule has 2 atom stereocenters. The van der Waals surface area contributed by atoms with Gasteiger partial charge in [-0.1, -0.05) is 0 Å². The fourth-order valence-corrected chi connectivity index (χ4v) is 4.86. The van der Waals surface area contributed by atoms with Crippen molar-refractivity contribution in [3.63, 3.8) is 0 Å². The maximum atomic E-state index is 15.0. The second-order valence-corrected chi connectivity index (χ2v) is 9.37. The van der Waals surface area contributed by atoms with E-state index in [9.17, 15) is 13.9 Å². The number of rotatable bonds is 6. The molecule has 11 heteroatoms. The summed E-state index contributed by atoms with van der Waals surface area (Å²) in [5, 5.41) is 18.8. The number of halogens is 2. The van der Waals surface area contributed by atoms with Crippen molar-refractivity contribution in [3.8, 4) is 11.3 Å². The summed E-state index contributed by atoms with van der Waals surface area (Å²) >= 11 is 0. The van der Waals surface area contributed by atoms with E-state index in [-0.39, 0.29) is 36.5 Å². The number of hydrogen-bond donors (Lipinski definition) is 4. The zero-order chi connectivity index (χ0) is 25.4. The van der Waals surface area contributed by atoms with Crippen molar-refractivity contribution in [1.82, 2.24) is 20.3 Å². The first kappa shape index (κ1) is 24.1. The lowest BCUT2D eigenvalue weighted by Crippen LogP contribution is -2.52. The van der Waals surface area contributed by atoms with Gasteiger partial charge in [-0.2, -0.15) is 0 Å². The van der Waals surface area contributed by atoms with Crippen molar-refractivity contribution < 1.29 is 13.9 Å². The molecule has 1 saturated heterocycles. The minimum absolute atomic E-state index is 0.00458. The Morgan fingerprint density at radius 2 is 2.00 bits per heavy atom. The molecule has 0 spiro atoms. The van der Waals surface area contributed by atoms with Crippen LogP contribution in [-0.4, -0.2) is 64.5 Å². The van der Waals surface area contributed by atoms with Gasteiger partial charge in [-0.25, -0.2) is 23.7 Å². The number of aliphatic hydroxyl groups is 1. The van der Waals surface area contributed by atoms with Crippen molar-refractivity contribution in [2.45, 2.75) is 39.0 Å². The highest BCUT2D eigenvalue weighted by molar-refractivity contribution is 5.82. The van der Waals surface area contributed by atoms with Gasteiger partial charge in [0, 0.05) is 37.3 Å². The molecule has 1 aromatic carbocycles. The number of aliphatic hydroxyl groups excluding tert-OH is 1. The van der Waals surface area contributed by atoms with E-state index in [0.29, 0.717) is 29.3 Å². The Bertz CT molecular complexity index is 1240. The molecule has 4 heterocycles. The van der Waals surface area contributed by atoms with Crippen LogP contribution in [-0.2, 0) is 0 Å². The van der Waals surface area contributed by atoms with E-state index in [0.717, 1.165) is 25.0 Å². The van der Waals surface area contributed by atoms with Crippen LogP contribution in [0, 0.1) is 11.6 Å². The Morgan fingerprint density at radius 3 is 2.72 bits per heavy atom. The third-order valence-electron chi connectivity index (χ3n) is 6.52. The number of nitrogens with one attached hydrogen (secondary N) is 3. The first-order valence-corrected chi connectivity index (χ1v) is 12.1. The highest BCUT2D eigenvalue weighted by atomic mass is 19.1. The van der Waals surface area contributed by atoms with E-state index in [2.05, 4.69) is 35.8 Å². The van der Waals surface area contributed by atoms with Crippen molar-refractivity contribution >= 4 is 28.8 Å². The summed E-state index contributed by atoms with van der Waals surface area (Å²) in [6.07, 6.45) is 2.72. The predicted octanol–water partition coefficient (Wildman–Crippen LogP) is 3.32. The first-order valence-electron chi connectivity index (χ1n) is 12.1. The molecule has 0 aliphatic carbocycles. The quantitative estimate of drug-likeness (QED) is 0.409. The zero-order valence-electron chi connectivity index (χ0n) is 20.5. The van der Waals surface area contributed by atoms with Gasteiger partial charge in [-0.05, 0) is 45.0 Å². The van der Waals surface area contributed by atoms with E-state index < -0.39 is 11.6 Å². The van der Waals surface area contributed by atoms with Crippen LogP contribution in [0.5, 0.6) is 0 Å². The number of hydrogen-bond acceptors (Lipinski definition) is 9. The summed E-state index contributed by atoms with van der Waals surface area (Å²) in [4.78, 5) is 17.0. The summed E-state index contributed by atoms with van der Waals surface area (Å²) in [6, 6.07) is 6.91. The normalized spacial score (nSPS) is 19.4. The molecule has 0 radical (unpaired) electrons. The lowest BCUT2D eigenvalue weighted by atomic mass is 10.1. The molecule has 2 unspecified atom stereocenters. The molecule has 2 aliphatic rings. The number of anilines is 5. The van der Waals surface area contributed by atoms with Gasteiger partial charge in [0.25, 0.3) is 0 Å². The molecule has 36 heavy (non-hydrogen) atoms. The third kappa shape index (κ3) is 4.63. The summed E-state index contributed by atoms with van der Waals surface area (Å²) in [6.45, 7) is 8.37. The van der Waals surface area contributed by atoms with Crippen LogP contribution in [0.15, 0.2) is 36.7 Å². The predicted molar refractivity (Wildman–Crippen MR) is 137 cm³/mol. The first-order chi connectivity index (χ1) is 17.3. The Balaban J connectivity index is 1.38. The maximum Gasteiger partial charge on any atom is 0.229 e. The van der Waals surface area contributed by atoms with Crippen LogP contribution in [0.3, 0.4) is 0 Å². The topological polar surface area (TPSA) is 101 Å². The number of fused-ring (bicyclic) bond motifs is 1. The number of nitrogens with zero attached hydrogens (tertiary/aromatic N) is 5. The van der Waals surface area contributed by atoms with E-state index in [4.69, 9.17) is 0 Å². The number of piperazine rings is 1. The lowest BCUT2D eigenvalue weighted by Gasteiger charge is -2.34. The van der Waals surface area contributed by atoms with Crippen LogP contribution in [0.2, 0.25) is 0 Å². The second kappa shape index (κ2) is 9.82. The summed E-state index contributed by atoms with van der Waals surface area (Å²) in [5.41, 5.74) is 2.36. The largest absolute Gasteiger partial charge is 0.395 e. The molecule has 5 rings (SSSR count). The standard InChI is InChI=1S/C25H30F2N8O/c1-14(2)35-15(3)31-24-19(26)8-16(9-21(24)35)23-20(27)11-30-25(33-23)32-22-5-4-18(10-29-22)34-7-6-28-17(12-34)13-36/h4-5,8-11,14-15,17,28,31,36H,6-7,12-13H2,1-3H3,(H,29,30,32,33). The Kier molecular flexibility index (Phi) is 6.59. The highest BCUT2D eigenvalue weighted by Crippen LogP contribution is 2.41. The molecular formula is C25H30F2N8O. The van der Waals surface area contributed by atoms with Crippen LogP contribution in [0.25, 0.3) is 11.3 Å². The lowest BCUT2D eigenvalue weighted by molar-refractivity contribution is 0.235. The van der Waals surface area contributed by atoms with Crippen molar-refractivity contribution in [1.29, 1.82) is 0 Å². The molecule has 190 valence electrons. The van der Waals surface area contributed by atoms with Gasteiger partial charge in [0.15, 0.2) is 5.82 Å². The fourth-order valence-electron chi connectivity index (χ4n) is 4.86. The molecule has 3 aromatic rings. The van der Waals surface area contributed by atoms with E-state index in [1.165, 1.54) is 6.07 Å². The average Bonchev–Trinajstić information content (AvgIpc) is 3.22. The molecular weight excluding hydrogens is 466 g/mol. The molecule has 2 aliphatic heterocycles. The van der Waals surface area contributed by atoms with Crippen molar-refractivity contribution in [2.24, 2.45) is 0 Å². The summed E-state index contributed by atoms with van der Waals surface area (Å²) in [5.74, 6) is -0.453. The summed E-state index contributed by atoms with van der Waals surface area (Å²) < 4.78 is 29.7. The maximum absolute atomic E-state index is 15.0. The van der Waals surface area contributed by atoms with E-state index in [1.54, 1.807) is 18.3 Å².